The van der Waals surface area contributed by atoms with Crippen molar-refractivity contribution in [3.63, 3.8) is 0 Å². The predicted octanol–water partition coefficient (Wildman–Crippen LogP) is 2.82. The Hall–Kier alpha value is -1.29. The second-order valence-corrected chi connectivity index (χ2v) is 4.20. The number of hydrogen-bond acceptors (Lipinski definition) is 3. The van der Waals surface area contributed by atoms with Gasteiger partial charge in [0.2, 0.25) is 0 Å². The van der Waals surface area contributed by atoms with E-state index >= 15 is 0 Å². The largest absolute Gasteiger partial charge is 0.494 e. The summed E-state index contributed by atoms with van der Waals surface area (Å²) in [6, 6.07) is 4.51. The number of methoxy groups -OCH3 is 1. The maximum atomic E-state index is 13.0. The summed E-state index contributed by atoms with van der Waals surface area (Å²) in [5.41, 5.74) is 0.826. The van der Waals surface area contributed by atoms with Gasteiger partial charge in [-0.1, -0.05) is 0 Å². The van der Waals surface area contributed by atoms with E-state index in [9.17, 15) is 4.39 Å². The Morgan fingerprint density at radius 3 is 3.12 bits per heavy atom. The zero-order chi connectivity index (χ0) is 12.1. The Labute approximate surface area is 101 Å². The lowest BCUT2D eigenvalue weighted by atomic mass is 10.2. The summed E-state index contributed by atoms with van der Waals surface area (Å²) in [5.74, 6) is 0.254. The van der Waals surface area contributed by atoms with Crippen LogP contribution in [0.3, 0.4) is 0 Å². The van der Waals surface area contributed by atoms with Crippen LogP contribution in [0.4, 0.5) is 10.1 Å². The second kappa shape index (κ2) is 5.87. The third-order valence-corrected chi connectivity index (χ3v) is 2.97. The number of nitrogens with one attached hydrogen (secondary N) is 1. The standard InChI is InChI=1S/C13H18FNO2/c1-16-13-9-10(14)4-5-12(13)15-7-6-11-3-2-8-17-11/h4-5,9,11,15H,2-3,6-8H2,1H3. The van der Waals surface area contributed by atoms with Gasteiger partial charge in [-0.15, -0.1) is 0 Å². The number of anilines is 1. The van der Waals surface area contributed by atoms with Gasteiger partial charge in [0.15, 0.2) is 0 Å². The van der Waals surface area contributed by atoms with Crippen molar-refractivity contribution in [2.45, 2.75) is 25.4 Å². The molecular weight excluding hydrogens is 221 g/mol. The first-order valence-corrected chi connectivity index (χ1v) is 5.98. The number of rotatable bonds is 5. The molecule has 0 aliphatic carbocycles. The lowest BCUT2D eigenvalue weighted by Crippen LogP contribution is -2.12. The number of halogens is 1. The fourth-order valence-electron chi connectivity index (χ4n) is 2.05. The van der Waals surface area contributed by atoms with Gasteiger partial charge in [-0.3, -0.25) is 0 Å². The van der Waals surface area contributed by atoms with Gasteiger partial charge in [0.25, 0.3) is 0 Å². The molecule has 4 heteroatoms. The highest BCUT2D eigenvalue weighted by Gasteiger charge is 2.14. The summed E-state index contributed by atoms with van der Waals surface area (Å²) in [4.78, 5) is 0. The Balaban J connectivity index is 1.85. The molecule has 1 aliphatic rings. The fraction of sp³-hybridized carbons (Fsp3) is 0.538. The summed E-state index contributed by atoms with van der Waals surface area (Å²) < 4.78 is 23.6. The third kappa shape index (κ3) is 3.33. The van der Waals surface area contributed by atoms with Crippen LogP contribution < -0.4 is 10.1 Å². The number of benzene rings is 1. The zero-order valence-electron chi connectivity index (χ0n) is 10.0. The van der Waals surface area contributed by atoms with Crippen molar-refractivity contribution in [2.75, 3.05) is 25.6 Å². The van der Waals surface area contributed by atoms with E-state index in [1.807, 2.05) is 0 Å². The quantitative estimate of drug-likeness (QED) is 0.857. The molecule has 1 unspecified atom stereocenters. The fourth-order valence-corrected chi connectivity index (χ4v) is 2.05. The Morgan fingerprint density at radius 2 is 2.41 bits per heavy atom. The van der Waals surface area contributed by atoms with Crippen LogP contribution >= 0.6 is 0 Å². The maximum Gasteiger partial charge on any atom is 0.144 e. The van der Waals surface area contributed by atoms with Crippen molar-refractivity contribution in [1.82, 2.24) is 0 Å². The smallest absolute Gasteiger partial charge is 0.144 e. The van der Waals surface area contributed by atoms with E-state index in [-0.39, 0.29) is 5.82 Å². The Morgan fingerprint density at radius 1 is 1.53 bits per heavy atom. The van der Waals surface area contributed by atoms with Gasteiger partial charge in [-0.2, -0.15) is 0 Å². The molecule has 1 saturated heterocycles. The molecule has 0 bridgehead atoms. The van der Waals surface area contributed by atoms with Crippen LogP contribution in [-0.4, -0.2) is 26.4 Å². The molecule has 0 spiro atoms. The molecule has 1 N–H and O–H groups in total. The summed E-state index contributed by atoms with van der Waals surface area (Å²) in [6.45, 7) is 1.69. The molecule has 3 nitrogen and oxygen atoms in total. The lowest BCUT2D eigenvalue weighted by molar-refractivity contribution is 0.107. The predicted molar refractivity (Wildman–Crippen MR) is 65.0 cm³/mol. The molecule has 0 amide bonds. The van der Waals surface area contributed by atoms with E-state index in [0.29, 0.717) is 11.9 Å². The Kier molecular flexibility index (Phi) is 4.20. The lowest BCUT2D eigenvalue weighted by Gasteiger charge is -2.13. The van der Waals surface area contributed by atoms with Crippen molar-refractivity contribution < 1.29 is 13.9 Å². The molecule has 2 rings (SSSR count). The molecule has 94 valence electrons. The summed E-state index contributed by atoms with van der Waals surface area (Å²) in [6.07, 6.45) is 3.64. The van der Waals surface area contributed by atoms with Gasteiger partial charge < -0.3 is 14.8 Å². The molecule has 1 atom stereocenters. The topological polar surface area (TPSA) is 30.5 Å². The highest BCUT2D eigenvalue weighted by Crippen LogP contribution is 2.25. The normalized spacial score (nSPS) is 19.3. The van der Waals surface area contributed by atoms with E-state index in [4.69, 9.17) is 9.47 Å². The van der Waals surface area contributed by atoms with Crippen LogP contribution in [-0.2, 0) is 4.74 Å². The van der Waals surface area contributed by atoms with Gasteiger partial charge in [-0.25, -0.2) is 4.39 Å². The van der Waals surface area contributed by atoms with E-state index in [1.54, 1.807) is 13.2 Å². The van der Waals surface area contributed by atoms with Crippen LogP contribution in [0.1, 0.15) is 19.3 Å². The van der Waals surface area contributed by atoms with Gasteiger partial charge in [-0.05, 0) is 31.4 Å². The SMILES string of the molecule is COc1cc(F)ccc1NCCC1CCCO1. The van der Waals surface area contributed by atoms with E-state index in [1.165, 1.54) is 12.1 Å². The van der Waals surface area contributed by atoms with Crippen molar-refractivity contribution in [2.24, 2.45) is 0 Å². The molecule has 1 aromatic rings. The molecule has 1 aromatic carbocycles. The first-order valence-electron chi connectivity index (χ1n) is 5.98. The number of hydrogen-bond donors (Lipinski definition) is 1. The van der Waals surface area contributed by atoms with Crippen molar-refractivity contribution >= 4 is 5.69 Å². The first-order chi connectivity index (χ1) is 8.29. The highest BCUT2D eigenvalue weighted by molar-refractivity contribution is 5.56. The second-order valence-electron chi connectivity index (χ2n) is 4.20. The zero-order valence-corrected chi connectivity index (χ0v) is 10.0. The van der Waals surface area contributed by atoms with Crippen molar-refractivity contribution in [3.8, 4) is 5.75 Å². The first kappa shape index (κ1) is 12.2. The van der Waals surface area contributed by atoms with Gasteiger partial charge in [0.05, 0.1) is 18.9 Å². The molecule has 0 radical (unpaired) electrons. The van der Waals surface area contributed by atoms with Crippen molar-refractivity contribution in [3.05, 3.63) is 24.0 Å². The minimum Gasteiger partial charge on any atom is -0.494 e. The van der Waals surface area contributed by atoms with E-state index < -0.39 is 0 Å². The van der Waals surface area contributed by atoms with E-state index in [2.05, 4.69) is 5.32 Å². The van der Waals surface area contributed by atoms with Crippen LogP contribution in [0.25, 0.3) is 0 Å². The molecule has 1 heterocycles. The summed E-state index contributed by atoms with van der Waals surface area (Å²) in [5, 5.41) is 3.25. The highest BCUT2D eigenvalue weighted by atomic mass is 19.1. The third-order valence-electron chi connectivity index (χ3n) is 2.97. The minimum absolute atomic E-state index is 0.286. The van der Waals surface area contributed by atoms with Crippen LogP contribution in [0.2, 0.25) is 0 Å². The molecular formula is C13H18FNO2. The van der Waals surface area contributed by atoms with Gasteiger partial charge in [0, 0.05) is 19.2 Å². The number of ether oxygens (including phenoxy) is 2. The maximum absolute atomic E-state index is 13.0. The van der Waals surface area contributed by atoms with Crippen LogP contribution in [0.5, 0.6) is 5.75 Å². The molecule has 0 aromatic heterocycles. The van der Waals surface area contributed by atoms with Gasteiger partial charge in [0.1, 0.15) is 11.6 Å². The molecule has 0 saturated carbocycles. The summed E-state index contributed by atoms with van der Waals surface area (Å²) >= 11 is 0. The van der Waals surface area contributed by atoms with Crippen molar-refractivity contribution in [1.29, 1.82) is 0 Å². The monoisotopic (exact) mass is 239 g/mol. The van der Waals surface area contributed by atoms with Gasteiger partial charge >= 0.3 is 0 Å². The minimum atomic E-state index is -0.286. The van der Waals surface area contributed by atoms with E-state index in [0.717, 1.165) is 38.1 Å². The Bertz CT molecular complexity index is 364. The average molecular weight is 239 g/mol. The molecule has 1 fully saturated rings. The van der Waals surface area contributed by atoms with Crippen LogP contribution in [0.15, 0.2) is 18.2 Å². The molecule has 17 heavy (non-hydrogen) atoms. The van der Waals surface area contributed by atoms with Crippen LogP contribution in [0, 0.1) is 5.82 Å². The molecule has 1 aliphatic heterocycles. The average Bonchev–Trinajstić information content (AvgIpc) is 2.84. The summed E-state index contributed by atoms with van der Waals surface area (Å²) in [7, 11) is 1.54.